The van der Waals surface area contributed by atoms with Gasteiger partial charge in [0.25, 0.3) is 11.8 Å². The minimum absolute atomic E-state index is 0.219. The fourth-order valence-corrected chi connectivity index (χ4v) is 5.37. The molecular formula is C25H24N4O4S. The number of aryl methyl sites for hydroxylation is 1. The molecule has 174 valence electrons. The highest BCUT2D eigenvalue weighted by Gasteiger charge is 2.34. The van der Waals surface area contributed by atoms with Crippen LogP contribution < -0.4 is 10.3 Å². The lowest BCUT2D eigenvalue weighted by atomic mass is 9.95. The van der Waals surface area contributed by atoms with E-state index in [1.807, 2.05) is 12.1 Å². The number of nitrogens with one attached hydrogen (secondary N) is 1. The third-order valence-electron chi connectivity index (χ3n) is 5.76. The summed E-state index contributed by atoms with van der Waals surface area (Å²) in [7, 11) is 0. The fourth-order valence-electron chi connectivity index (χ4n) is 4.10. The molecule has 0 fully saturated rings. The molecule has 1 unspecified atom stereocenters. The molecule has 34 heavy (non-hydrogen) atoms. The zero-order chi connectivity index (χ0) is 24.2. The minimum Gasteiger partial charge on any atom is -0.462 e. The zero-order valence-corrected chi connectivity index (χ0v) is 19.8. The van der Waals surface area contributed by atoms with Gasteiger partial charge in [-0.1, -0.05) is 18.2 Å². The van der Waals surface area contributed by atoms with E-state index < -0.39 is 17.8 Å². The second kappa shape index (κ2) is 10.0. The van der Waals surface area contributed by atoms with Crippen molar-refractivity contribution in [2.24, 2.45) is 11.0 Å². The van der Waals surface area contributed by atoms with Crippen molar-refractivity contribution in [3.05, 3.63) is 58.0 Å². The molecule has 1 aromatic carbocycles. The first-order valence-corrected chi connectivity index (χ1v) is 11.9. The quantitative estimate of drug-likeness (QED) is 0.381. The van der Waals surface area contributed by atoms with Crippen molar-refractivity contribution >= 4 is 45.5 Å². The third-order valence-corrected chi connectivity index (χ3v) is 6.97. The van der Waals surface area contributed by atoms with E-state index in [9.17, 15) is 19.6 Å². The van der Waals surface area contributed by atoms with Crippen LogP contribution in [0.3, 0.4) is 0 Å². The molecule has 1 aliphatic carbocycles. The molecule has 2 amide bonds. The van der Waals surface area contributed by atoms with E-state index in [2.05, 4.69) is 10.4 Å². The summed E-state index contributed by atoms with van der Waals surface area (Å²) >= 11 is 1.35. The number of amides is 2. The lowest BCUT2D eigenvalue weighted by molar-refractivity contribution is -0.118. The molecule has 2 heterocycles. The highest BCUT2D eigenvalue weighted by molar-refractivity contribution is 7.17. The SMILES string of the molecule is CCOC(=O)c1c(NC(=O)/C(C#N)=C\C2C(=O)N(c3ccccc3)N=C2C)sc2c1CCCC2. The maximum absolute atomic E-state index is 13.0. The number of carbonyl (C=O) groups is 3. The molecule has 0 radical (unpaired) electrons. The second-order valence-electron chi connectivity index (χ2n) is 7.99. The number of anilines is 2. The second-order valence-corrected chi connectivity index (χ2v) is 9.09. The highest BCUT2D eigenvalue weighted by Crippen LogP contribution is 2.39. The van der Waals surface area contributed by atoms with Gasteiger partial charge in [-0.3, -0.25) is 9.59 Å². The third kappa shape index (κ3) is 4.50. The molecule has 1 aliphatic heterocycles. The normalized spacial score (nSPS) is 17.6. The smallest absolute Gasteiger partial charge is 0.341 e. The molecule has 1 atom stereocenters. The Morgan fingerprint density at radius 2 is 2.03 bits per heavy atom. The van der Waals surface area contributed by atoms with E-state index in [-0.39, 0.29) is 18.1 Å². The van der Waals surface area contributed by atoms with Crippen molar-refractivity contribution in [3.8, 4) is 6.07 Å². The van der Waals surface area contributed by atoms with E-state index >= 15 is 0 Å². The molecule has 0 bridgehead atoms. The summed E-state index contributed by atoms with van der Waals surface area (Å²) in [5, 5.41) is 18.4. The van der Waals surface area contributed by atoms with Gasteiger partial charge in [-0.15, -0.1) is 11.3 Å². The number of carbonyl (C=O) groups excluding carboxylic acids is 3. The number of nitrogens with zero attached hydrogens (tertiary/aromatic N) is 3. The van der Waals surface area contributed by atoms with Crippen LogP contribution in [0.5, 0.6) is 0 Å². The van der Waals surface area contributed by atoms with Crippen LogP contribution in [-0.4, -0.2) is 30.1 Å². The van der Waals surface area contributed by atoms with Crippen LogP contribution in [0, 0.1) is 17.2 Å². The lowest BCUT2D eigenvalue weighted by Crippen LogP contribution is -2.27. The van der Waals surface area contributed by atoms with E-state index in [0.717, 1.165) is 36.1 Å². The molecule has 0 saturated carbocycles. The Morgan fingerprint density at radius 1 is 1.29 bits per heavy atom. The van der Waals surface area contributed by atoms with Gasteiger partial charge < -0.3 is 10.1 Å². The largest absolute Gasteiger partial charge is 0.462 e. The molecule has 0 saturated heterocycles. The van der Waals surface area contributed by atoms with Gasteiger partial charge in [-0.05, 0) is 63.3 Å². The number of hydrogen-bond acceptors (Lipinski definition) is 7. The summed E-state index contributed by atoms with van der Waals surface area (Å²) in [6, 6.07) is 10.8. The molecule has 2 aromatic rings. The first-order valence-electron chi connectivity index (χ1n) is 11.1. The Labute approximate surface area is 201 Å². The zero-order valence-electron chi connectivity index (χ0n) is 19.0. The average molecular weight is 477 g/mol. The molecule has 9 heteroatoms. The Hall–Kier alpha value is -3.77. The summed E-state index contributed by atoms with van der Waals surface area (Å²) in [5.74, 6) is -2.33. The van der Waals surface area contributed by atoms with Gasteiger partial charge in [-0.2, -0.15) is 15.4 Å². The molecule has 0 spiro atoms. The maximum Gasteiger partial charge on any atom is 0.341 e. The number of benzene rings is 1. The van der Waals surface area contributed by atoms with Crippen LogP contribution in [-0.2, 0) is 27.2 Å². The fraction of sp³-hybridized carbons (Fsp3) is 0.320. The standard InChI is InChI=1S/C25H24N4O4S/c1-3-33-25(32)21-18-11-7-8-12-20(18)34-23(21)27-22(30)16(14-26)13-19-15(2)28-29(24(19)31)17-9-5-4-6-10-17/h4-6,9-10,13,19H,3,7-8,11-12H2,1-2H3,(H,27,30)/b16-13-. The van der Waals surface area contributed by atoms with E-state index in [1.165, 1.54) is 22.4 Å². The number of para-hydroxylation sites is 1. The van der Waals surface area contributed by atoms with Crippen molar-refractivity contribution in [1.29, 1.82) is 5.26 Å². The molecule has 4 rings (SSSR count). The van der Waals surface area contributed by atoms with Crippen molar-refractivity contribution in [3.63, 3.8) is 0 Å². The van der Waals surface area contributed by atoms with Gasteiger partial charge in [0.15, 0.2) is 0 Å². The Bertz CT molecular complexity index is 1240. The predicted molar refractivity (Wildman–Crippen MR) is 130 cm³/mol. The number of rotatable bonds is 6. The summed E-state index contributed by atoms with van der Waals surface area (Å²) in [6.07, 6.45) is 4.90. The molecule has 1 aromatic heterocycles. The number of fused-ring (bicyclic) bond motifs is 1. The summed E-state index contributed by atoms with van der Waals surface area (Å²) < 4.78 is 5.22. The number of hydrazone groups is 1. The van der Waals surface area contributed by atoms with Crippen LogP contribution in [0.4, 0.5) is 10.7 Å². The Balaban J connectivity index is 1.59. The summed E-state index contributed by atoms with van der Waals surface area (Å²) in [5.41, 5.74) is 2.16. The van der Waals surface area contributed by atoms with Crippen molar-refractivity contribution in [2.75, 3.05) is 16.9 Å². The van der Waals surface area contributed by atoms with E-state index in [1.54, 1.807) is 38.1 Å². The average Bonchev–Trinajstić information content (AvgIpc) is 3.34. The molecular weight excluding hydrogens is 452 g/mol. The van der Waals surface area contributed by atoms with Crippen LogP contribution in [0.15, 0.2) is 47.1 Å². The van der Waals surface area contributed by atoms with Crippen molar-refractivity contribution in [1.82, 2.24) is 0 Å². The van der Waals surface area contributed by atoms with Gasteiger partial charge in [-0.25, -0.2) is 4.79 Å². The van der Waals surface area contributed by atoms with Gasteiger partial charge in [0.2, 0.25) is 0 Å². The van der Waals surface area contributed by atoms with Gasteiger partial charge in [0.05, 0.1) is 29.5 Å². The van der Waals surface area contributed by atoms with Gasteiger partial charge in [0.1, 0.15) is 16.6 Å². The molecule has 2 aliphatic rings. The predicted octanol–water partition coefficient (Wildman–Crippen LogP) is 4.23. The highest BCUT2D eigenvalue weighted by atomic mass is 32.1. The molecule has 1 N–H and O–H groups in total. The van der Waals surface area contributed by atoms with Crippen LogP contribution in [0.1, 0.15) is 47.5 Å². The number of nitriles is 1. The van der Waals surface area contributed by atoms with E-state index in [4.69, 9.17) is 4.74 Å². The Morgan fingerprint density at radius 3 is 2.74 bits per heavy atom. The number of hydrogen-bond donors (Lipinski definition) is 1. The topological polar surface area (TPSA) is 112 Å². The number of ether oxygens (including phenoxy) is 1. The minimum atomic E-state index is -0.832. The Kier molecular flexibility index (Phi) is 6.89. The van der Waals surface area contributed by atoms with Crippen LogP contribution >= 0.6 is 11.3 Å². The van der Waals surface area contributed by atoms with Crippen LogP contribution in [0.2, 0.25) is 0 Å². The maximum atomic E-state index is 13.0. The van der Waals surface area contributed by atoms with Crippen molar-refractivity contribution in [2.45, 2.75) is 39.5 Å². The van der Waals surface area contributed by atoms with Gasteiger partial charge in [0, 0.05) is 4.88 Å². The van der Waals surface area contributed by atoms with E-state index in [0.29, 0.717) is 22.0 Å². The summed E-state index contributed by atoms with van der Waals surface area (Å²) in [6.45, 7) is 3.63. The number of thiophene rings is 1. The monoisotopic (exact) mass is 476 g/mol. The molecule has 8 nitrogen and oxygen atoms in total. The summed E-state index contributed by atoms with van der Waals surface area (Å²) in [4.78, 5) is 39.7. The van der Waals surface area contributed by atoms with Gasteiger partial charge >= 0.3 is 5.97 Å². The number of esters is 1. The lowest BCUT2D eigenvalue weighted by Gasteiger charge is -2.13. The van der Waals surface area contributed by atoms with Crippen molar-refractivity contribution < 1.29 is 19.1 Å². The van der Waals surface area contributed by atoms with Crippen LogP contribution in [0.25, 0.3) is 0 Å². The first-order chi connectivity index (χ1) is 16.4. The first kappa shape index (κ1) is 23.4.